The summed E-state index contributed by atoms with van der Waals surface area (Å²) in [4.78, 5) is 21.2. The number of rotatable bonds is 9. The van der Waals surface area contributed by atoms with Crippen molar-refractivity contribution >= 4 is 17.4 Å². The largest absolute Gasteiger partial charge is 0.497 e. The molecular weight excluding hydrogens is 420 g/mol. The number of amidine groups is 1. The van der Waals surface area contributed by atoms with Crippen LogP contribution in [-0.2, 0) is 11.2 Å². The van der Waals surface area contributed by atoms with Gasteiger partial charge in [0.2, 0.25) is 5.91 Å². The lowest BCUT2D eigenvalue weighted by molar-refractivity contribution is -0.116. The van der Waals surface area contributed by atoms with Crippen molar-refractivity contribution in [1.82, 2.24) is 10.3 Å². The van der Waals surface area contributed by atoms with Crippen LogP contribution in [0.4, 0.5) is 5.69 Å². The van der Waals surface area contributed by atoms with Crippen molar-refractivity contribution < 1.29 is 19.0 Å². The van der Waals surface area contributed by atoms with Crippen molar-refractivity contribution in [1.29, 1.82) is 0 Å². The molecule has 1 aromatic heterocycles. The molecule has 0 saturated carbocycles. The van der Waals surface area contributed by atoms with Crippen LogP contribution in [0.5, 0.6) is 23.0 Å². The van der Waals surface area contributed by atoms with Crippen LogP contribution in [-0.4, -0.2) is 44.0 Å². The maximum atomic E-state index is 12.5. The van der Waals surface area contributed by atoms with E-state index in [0.717, 1.165) is 30.2 Å². The third-order valence-electron chi connectivity index (χ3n) is 5.06. The van der Waals surface area contributed by atoms with Crippen molar-refractivity contribution in [3.8, 4) is 23.0 Å². The molecule has 0 radical (unpaired) electrons. The Morgan fingerprint density at radius 3 is 2.52 bits per heavy atom. The van der Waals surface area contributed by atoms with E-state index in [9.17, 15) is 4.79 Å². The smallest absolute Gasteiger partial charge is 0.224 e. The van der Waals surface area contributed by atoms with Gasteiger partial charge in [0.05, 0.1) is 20.8 Å². The lowest BCUT2D eigenvalue weighted by atomic mass is 10.1. The molecule has 170 valence electrons. The Morgan fingerprint density at radius 1 is 1.00 bits per heavy atom. The maximum Gasteiger partial charge on any atom is 0.224 e. The van der Waals surface area contributed by atoms with Crippen LogP contribution in [0.3, 0.4) is 0 Å². The molecule has 8 nitrogen and oxygen atoms in total. The second-order valence-electron chi connectivity index (χ2n) is 7.43. The number of hydrogen-bond donors (Lipinski definition) is 2. The summed E-state index contributed by atoms with van der Waals surface area (Å²) in [6.07, 6.45) is 2.61. The maximum absolute atomic E-state index is 12.5. The summed E-state index contributed by atoms with van der Waals surface area (Å²) in [5.74, 6) is 3.30. The molecule has 0 bridgehead atoms. The van der Waals surface area contributed by atoms with E-state index in [1.807, 2.05) is 36.4 Å². The minimum absolute atomic E-state index is 0.0970. The van der Waals surface area contributed by atoms with Crippen LogP contribution >= 0.6 is 0 Å². The van der Waals surface area contributed by atoms with Crippen molar-refractivity contribution in [3.05, 3.63) is 72.1 Å². The standard InChI is InChI=1S/C25H26N4O4/c1-31-21-13-18(14-22(15-21)32-2)29-24(30)7-6-17-4-3-5-19(12-17)33-20-8-9-26-23(16-20)25-27-10-11-28-25/h3-5,8-9,12-16H,6-7,10-11H2,1-2H3,(H,27,28)(H,29,30). The number of carbonyl (C=O) groups excluding carboxylic acids is 1. The fraction of sp³-hybridized carbons (Fsp3) is 0.240. The summed E-state index contributed by atoms with van der Waals surface area (Å²) in [6.45, 7) is 1.58. The number of aryl methyl sites for hydroxylation is 1. The van der Waals surface area contributed by atoms with Gasteiger partial charge in [0.25, 0.3) is 0 Å². The summed E-state index contributed by atoms with van der Waals surface area (Å²) >= 11 is 0. The monoisotopic (exact) mass is 446 g/mol. The zero-order valence-corrected chi connectivity index (χ0v) is 18.6. The normalized spacial score (nSPS) is 12.5. The van der Waals surface area contributed by atoms with Gasteiger partial charge in [-0.25, -0.2) is 0 Å². The number of aliphatic imine (C=N–C) groups is 1. The van der Waals surface area contributed by atoms with Gasteiger partial charge in [0, 0.05) is 49.1 Å². The van der Waals surface area contributed by atoms with E-state index in [4.69, 9.17) is 14.2 Å². The average Bonchev–Trinajstić information content (AvgIpc) is 3.38. The van der Waals surface area contributed by atoms with E-state index in [1.54, 1.807) is 38.6 Å². The Morgan fingerprint density at radius 2 is 1.79 bits per heavy atom. The average molecular weight is 447 g/mol. The van der Waals surface area contributed by atoms with E-state index in [-0.39, 0.29) is 5.91 Å². The Kier molecular flexibility index (Phi) is 7.04. The van der Waals surface area contributed by atoms with Crippen molar-refractivity contribution in [2.75, 3.05) is 32.6 Å². The molecule has 2 N–H and O–H groups in total. The second kappa shape index (κ2) is 10.5. The van der Waals surface area contributed by atoms with Gasteiger partial charge in [-0.1, -0.05) is 12.1 Å². The molecule has 0 unspecified atom stereocenters. The predicted molar refractivity (Wildman–Crippen MR) is 127 cm³/mol. The van der Waals surface area contributed by atoms with Gasteiger partial charge < -0.3 is 24.8 Å². The minimum atomic E-state index is -0.0970. The predicted octanol–water partition coefficient (Wildman–Crippen LogP) is 3.81. The lowest BCUT2D eigenvalue weighted by Gasteiger charge is -2.11. The van der Waals surface area contributed by atoms with Gasteiger partial charge in [-0.15, -0.1) is 0 Å². The van der Waals surface area contributed by atoms with Gasteiger partial charge in [-0.2, -0.15) is 0 Å². The van der Waals surface area contributed by atoms with Gasteiger partial charge >= 0.3 is 0 Å². The first-order valence-corrected chi connectivity index (χ1v) is 10.7. The van der Waals surface area contributed by atoms with Crippen LogP contribution in [0.2, 0.25) is 0 Å². The quantitative estimate of drug-likeness (QED) is 0.519. The van der Waals surface area contributed by atoms with Gasteiger partial charge in [-0.3, -0.25) is 14.8 Å². The number of carbonyl (C=O) groups is 1. The number of hydrogen-bond acceptors (Lipinski definition) is 7. The first kappa shape index (κ1) is 22.1. The first-order chi connectivity index (χ1) is 16.1. The highest BCUT2D eigenvalue weighted by Crippen LogP contribution is 2.26. The molecule has 1 amide bonds. The molecule has 0 atom stereocenters. The molecule has 4 rings (SSSR count). The highest BCUT2D eigenvalue weighted by molar-refractivity contribution is 5.98. The van der Waals surface area contributed by atoms with Crippen LogP contribution in [0, 0.1) is 0 Å². The fourth-order valence-corrected chi connectivity index (χ4v) is 3.44. The summed E-state index contributed by atoms with van der Waals surface area (Å²) in [6, 6.07) is 16.6. The Bertz CT molecular complexity index is 1140. The first-order valence-electron chi connectivity index (χ1n) is 10.7. The molecule has 0 fully saturated rings. The molecule has 3 aromatic rings. The van der Waals surface area contributed by atoms with Crippen LogP contribution in [0.1, 0.15) is 17.7 Å². The Hall–Kier alpha value is -4.07. The molecule has 33 heavy (non-hydrogen) atoms. The Labute approximate surface area is 192 Å². The number of amides is 1. The van der Waals surface area contributed by atoms with E-state index in [2.05, 4.69) is 20.6 Å². The van der Waals surface area contributed by atoms with E-state index in [0.29, 0.717) is 41.5 Å². The van der Waals surface area contributed by atoms with E-state index < -0.39 is 0 Å². The van der Waals surface area contributed by atoms with Gasteiger partial charge in [0.15, 0.2) is 0 Å². The molecule has 2 aromatic carbocycles. The van der Waals surface area contributed by atoms with Crippen molar-refractivity contribution in [2.24, 2.45) is 4.99 Å². The number of nitrogens with zero attached hydrogens (tertiary/aromatic N) is 2. The number of ether oxygens (including phenoxy) is 3. The number of anilines is 1. The number of pyridine rings is 1. The molecule has 8 heteroatoms. The molecule has 0 spiro atoms. The van der Waals surface area contributed by atoms with Gasteiger partial charge in [0.1, 0.15) is 34.5 Å². The highest BCUT2D eigenvalue weighted by Gasteiger charge is 2.11. The molecular formula is C25H26N4O4. The third kappa shape index (κ3) is 6.00. The number of methoxy groups -OCH3 is 2. The number of aromatic nitrogens is 1. The number of nitrogens with one attached hydrogen (secondary N) is 2. The highest BCUT2D eigenvalue weighted by atomic mass is 16.5. The fourth-order valence-electron chi connectivity index (χ4n) is 3.44. The van der Waals surface area contributed by atoms with E-state index >= 15 is 0 Å². The van der Waals surface area contributed by atoms with Crippen molar-refractivity contribution in [3.63, 3.8) is 0 Å². The molecule has 1 aliphatic rings. The molecule has 0 saturated heterocycles. The lowest BCUT2D eigenvalue weighted by Crippen LogP contribution is -2.20. The number of benzene rings is 2. The Balaban J connectivity index is 1.36. The molecule has 0 aliphatic carbocycles. The topological polar surface area (TPSA) is 94.1 Å². The summed E-state index contributed by atoms with van der Waals surface area (Å²) < 4.78 is 16.5. The van der Waals surface area contributed by atoms with Crippen LogP contribution in [0.15, 0.2) is 65.8 Å². The summed E-state index contributed by atoms with van der Waals surface area (Å²) in [5.41, 5.74) is 2.39. The van der Waals surface area contributed by atoms with E-state index in [1.165, 1.54) is 0 Å². The second-order valence-corrected chi connectivity index (χ2v) is 7.43. The minimum Gasteiger partial charge on any atom is -0.497 e. The molecule has 2 heterocycles. The SMILES string of the molecule is COc1cc(NC(=O)CCc2cccc(Oc3ccnc(C4=NCCN4)c3)c2)cc(OC)c1. The van der Waals surface area contributed by atoms with Crippen molar-refractivity contribution in [2.45, 2.75) is 12.8 Å². The zero-order valence-electron chi connectivity index (χ0n) is 18.6. The zero-order chi connectivity index (χ0) is 23.0. The summed E-state index contributed by atoms with van der Waals surface area (Å²) in [7, 11) is 3.14. The third-order valence-corrected chi connectivity index (χ3v) is 5.06. The summed E-state index contributed by atoms with van der Waals surface area (Å²) in [5, 5.41) is 6.11. The molecule has 1 aliphatic heterocycles. The van der Waals surface area contributed by atoms with Crippen LogP contribution in [0.25, 0.3) is 0 Å². The van der Waals surface area contributed by atoms with Crippen LogP contribution < -0.4 is 24.8 Å². The van der Waals surface area contributed by atoms with Gasteiger partial charge in [-0.05, 0) is 30.2 Å².